The van der Waals surface area contributed by atoms with E-state index >= 15 is 0 Å². The van der Waals surface area contributed by atoms with Gasteiger partial charge in [0.25, 0.3) is 0 Å². The molecule has 0 aliphatic carbocycles. The molecule has 0 aromatic rings. The van der Waals surface area contributed by atoms with Crippen molar-refractivity contribution in [3.63, 3.8) is 0 Å². The number of ether oxygens (including phenoxy) is 2. The van der Waals surface area contributed by atoms with Crippen LogP contribution in [-0.2, 0) is 19.1 Å². The molecular weight excluding hydrogens is 282 g/mol. The van der Waals surface area contributed by atoms with E-state index in [1.165, 1.54) is 0 Å². The lowest BCUT2D eigenvalue weighted by Gasteiger charge is -2.27. The van der Waals surface area contributed by atoms with Gasteiger partial charge in [-0.05, 0) is 24.7 Å². The first kappa shape index (κ1) is 20.9. The molecule has 0 rings (SSSR count). The number of hydrogen-bond donors (Lipinski definition) is 1. The molecule has 3 atom stereocenters. The summed E-state index contributed by atoms with van der Waals surface area (Å²) in [6.07, 6.45) is 0.146. The fraction of sp³-hybridized carbons (Fsp3) is 0.882. The second-order valence-electron chi connectivity index (χ2n) is 8.18. The van der Waals surface area contributed by atoms with Crippen molar-refractivity contribution >= 4 is 11.9 Å². The molecule has 0 radical (unpaired) electrons. The first-order valence-corrected chi connectivity index (χ1v) is 7.98. The maximum absolute atomic E-state index is 12.0. The number of quaternary nitrogens is 1. The predicted octanol–water partition coefficient (Wildman–Crippen LogP) is 2.33. The van der Waals surface area contributed by atoms with E-state index in [4.69, 9.17) is 9.47 Å². The lowest BCUT2D eigenvalue weighted by atomic mass is 9.90. The Bertz CT molecular complexity index is 379. The van der Waals surface area contributed by atoms with Crippen molar-refractivity contribution in [1.82, 2.24) is 0 Å². The Morgan fingerprint density at radius 2 is 1.32 bits per heavy atom. The van der Waals surface area contributed by atoms with Crippen LogP contribution in [0.5, 0.6) is 0 Å². The molecule has 3 N–H and O–H groups in total. The number of esters is 2. The van der Waals surface area contributed by atoms with Gasteiger partial charge in [0.1, 0.15) is 12.2 Å². The van der Waals surface area contributed by atoms with Gasteiger partial charge in [-0.15, -0.1) is 0 Å². The van der Waals surface area contributed by atoms with Crippen LogP contribution < -0.4 is 5.73 Å². The molecule has 0 heterocycles. The summed E-state index contributed by atoms with van der Waals surface area (Å²) in [5, 5.41) is 0. The number of hydrogen-bond acceptors (Lipinski definition) is 4. The normalized spacial score (nSPS) is 16.6. The Morgan fingerprint density at radius 3 is 1.73 bits per heavy atom. The molecule has 0 aliphatic heterocycles. The highest BCUT2D eigenvalue weighted by Crippen LogP contribution is 2.23. The van der Waals surface area contributed by atoms with Gasteiger partial charge in [0, 0.05) is 6.42 Å². The molecule has 0 spiro atoms. The third-order valence-corrected chi connectivity index (χ3v) is 4.07. The fourth-order valence-corrected chi connectivity index (χ4v) is 1.29. The quantitative estimate of drug-likeness (QED) is 0.763. The molecule has 0 fully saturated rings. The zero-order valence-electron chi connectivity index (χ0n) is 15.5. The summed E-state index contributed by atoms with van der Waals surface area (Å²) in [5.41, 5.74) is 3.58. The second kappa shape index (κ2) is 7.95. The van der Waals surface area contributed by atoms with Gasteiger partial charge in [-0.1, -0.05) is 41.5 Å². The molecule has 2 unspecified atom stereocenters. The standard InChI is InChI=1S/C17H33NO4/c1-11(16(3,4)5)21-14(19)10-9-13(18)15(20)22-12(2)17(6,7)8/h11-13H,9-10,18H2,1-8H3/p+1/t11?,12?,13-/m1/s1. The third kappa shape index (κ3) is 7.78. The summed E-state index contributed by atoms with van der Waals surface area (Å²) in [4.78, 5) is 23.8. The second-order valence-corrected chi connectivity index (χ2v) is 8.18. The molecule has 0 aromatic carbocycles. The van der Waals surface area contributed by atoms with Crippen molar-refractivity contribution in [2.75, 3.05) is 0 Å². The van der Waals surface area contributed by atoms with Crippen LogP contribution in [0.25, 0.3) is 0 Å². The van der Waals surface area contributed by atoms with Gasteiger partial charge in [0.15, 0.2) is 6.04 Å². The van der Waals surface area contributed by atoms with Gasteiger partial charge >= 0.3 is 11.9 Å². The van der Waals surface area contributed by atoms with E-state index in [1.807, 2.05) is 55.4 Å². The summed E-state index contributed by atoms with van der Waals surface area (Å²) in [7, 11) is 0. The van der Waals surface area contributed by atoms with Crippen molar-refractivity contribution in [3.05, 3.63) is 0 Å². The molecule has 5 nitrogen and oxygen atoms in total. The van der Waals surface area contributed by atoms with Crippen LogP contribution in [0.4, 0.5) is 0 Å². The molecule has 130 valence electrons. The summed E-state index contributed by atoms with van der Waals surface area (Å²) in [6.45, 7) is 15.8. The van der Waals surface area contributed by atoms with Gasteiger partial charge in [-0.25, -0.2) is 4.79 Å². The first-order valence-electron chi connectivity index (χ1n) is 7.98. The average molecular weight is 316 g/mol. The van der Waals surface area contributed by atoms with Crippen LogP contribution in [0, 0.1) is 10.8 Å². The lowest BCUT2D eigenvalue weighted by molar-refractivity contribution is -0.410. The maximum Gasteiger partial charge on any atom is 0.365 e. The first-order chi connectivity index (χ1) is 9.75. The highest BCUT2D eigenvalue weighted by Gasteiger charge is 2.29. The van der Waals surface area contributed by atoms with Gasteiger partial charge < -0.3 is 15.2 Å². The molecule has 22 heavy (non-hydrogen) atoms. The zero-order chi connectivity index (χ0) is 17.7. The van der Waals surface area contributed by atoms with Gasteiger partial charge in [0.2, 0.25) is 0 Å². The minimum Gasteiger partial charge on any atom is -0.462 e. The Hall–Kier alpha value is -1.10. The van der Waals surface area contributed by atoms with E-state index in [0.29, 0.717) is 6.42 Å². The Labute approximate surface area is 134 Å². The SMILES string of the molecule is CC(OC(=O)CC[C@@H]([NH3+])C(=O)OC(C)C(C)(C)C)C(C)(C)C. The molecule has 0 saturated heterocycles. The highest BCUT2D eigenvalue weighted by molar-refractivity contribution is 5.76. The van der Waals surface area contributed by atoms with Crippen LogP contribution in [-0.4, -0.2) is 30.2 Å². The van der Waals surface area contributed by atoms with Crippen molar-refractivity contribution in [2.45, 2.75) is 86.5 Å². The van der Waals surface area contributed by atoms with Crippen molar-refractivity contribution in [2.24, 2.45) is 10.8 Å². The Kier molecular flexibility index (Phi) is 7.55. The largest absolute Gasteiger partial charge is 0.462 e. The van der Waals surface area contributed by atoms with Crippen LogP contribution in [0.15, 0.2) is 0 Å². The van der Waals surface area contributed by atoms with E-state index in [9.17, 15) is 9.59 Å². The van der Waals surface area contributed by atoms with E-state index < -0.39 is 6.04 Å². The zero-order valence-corrected chi connectivity index (χ0v) is 15.5. The van der Waals surface area contributed by atoms with E-state index in [2.05, 4.69) is 5.73 Å². The highest BCUT2D eigenvalue weighted by atomic mass is 16.5. The van der Waals surface area contributed by atoms with E-state index in [1.54, 1.807) is 0 Å². The summed E-state index contributed by atoms with van der Waals surface area (Å²) in [6, 6.07) is -0.553. The van der Waals surface area contributed by atoms with E-state index in [-0.39, 0.29) is 41.4 Å². The van der Waals surface area contributed by atoms with Gasteiger partial charge in [0.05, 0.1) is 6.42 Å². The van der Waals surface area contributed by atoms with Crippen molar-refractivity contribution in [3.8, 4) is 0 Å². The smallest absolute Gasteiger partial charge is 0.365 e. The van der Waals surface area contributed by atoms with Crippen molar-refractivity contribution in [1.29, 1.82) is 0 Å². The number of carbonyl (C=O) groups is 2. The topological polar surface area (TPSA) is 80.2 Å². The number of rotatable bonds is 6. The average Bonchev–Trinajstić information content (AvgIpc) is 2.33. The Morgan fingerprint density at radius 1 is 0.909 bits per heavy atom. The predicted molar refractivity (Wildman–Crippen MR) is 85.9 cm³/mol. The van der Waals surface area contributed by atoms with Crippen molar-refractivity contribution < 1.29 is 24.8 Å². The third-order valence-electron chi connectivity index (χ3n) is 4.07. The molecule has 0 bridgehead atoms. The minimum absolute atomic E-state index is 0.0966. The lowest BCUT2D eigenvalue weighted by Crippen LogP contribution is -2.65. The summed E-state index contributed by atoms with van der Waals surface area (Å²) in [5.74, 6) is -0.660. The molecule has 5 heteroatoms. The van der Waals surface area contributed by atoms with Crippen LogP contribution in [0.2, 0.25) is 0 Å². The summed E-state index contributed by atoms with van der Waals surface area (Å²) < 4.78 is 10.8. The molecular formula is C17H34NO4+. The van der Waals surface area contributed by atoms with Crippen LogP contribution in [0.1, 0.15) is 68.2 Å². The van der Waals surface area contributed by atoms with Gasteiger partial charge in [-0.2, -0.15) is 0 Å². The molecule has 0 aromatic heterocycles. The van der Waals surface area contributed by atoms with Crippen LogP contribution >= 0.6 is 0 Å². The fourth-order valence-electron chi connectivity index (χ4n) is 1.29. The van der Waals surface area contributed by atoms with Gasteiger partial charge in [-0.3, -0.25) is 4.79 Å². The monoisotopic (exact) mass is 316 g/mol. The molecule has 0 aliphatic rings. The Balaban J connectivity index is 4.25. The summed E-state index contributed by atoms with van der Waals surface area (Å²) >= 11 is 0. The van der Waals surface area contributed by atoms with Crippen LogP contribution in [0.3, 0.4) is 0 Å². The van der Waals surface area contributed by atoms with E-state index in [0.717, 1.165) is 0 Å². The molecule has 0 amide bonds. The minimum atomic E-state index is -0.553. The maximum atomic E-state index is 12.0. The number of carbonyl (C=O) groups excluding carboxylic acids is 2. The molecule has 0 saturated carbocycles.